The van der Waals surface area contributed by atoms with E-state index in [9.17, 15) is 0 Å². The van der Waals surface area contributed by atoms with Gasteiger partial charge in [-0.25, -0.2) is 0 Å². The van der Waals surface area contributed by atoms with Crippen LogP contribution in [0.25, 0.3) is 24.3 Å². The number of ether oxygens (including phenoxy) is 8. The number of rotatable bonds is 18. The van der Waals surface area contributed by atoms with Crippen molar-refractivity contribution in [3.8, 4) is 46.0 Å². The molecule has 0 amide bonds. The predicted octanol–water partition coefficient (Wildman–Crippen LogP) is 8.93. The van der Waals surface area contributed by atoms with Crippen molar-refractivity contribution in [3.05, 3.63) is 58.7 Å². The standard InChI is InChI=1S/C38H50O8/c1-25(2)15-17-45-33-19-28(12-14-32-37(43-9)23-30(40-6)24-38(32)44-10)34(46-18-16-26(3)4)20-27(33)11-13-31-35(41-7)21-29(39-5)22-36(31)42-8/h11-14,19-26H,15-18H2,1-10H3/b13-11+,14-12+. The van der Waals surface area contributed by atoms with Crippen molar-refractivity contribution in [1.29, 1.82) is 0 Å². The fourth-order valence-electron chi connectivity index (χ4n) is 4.65. The molecule has 46 heavy (non-hydrogen) atoms. The van der Waals surface area contributed by atoms with Crippen LogP contribution in [0.5, 0.6) is 46.0 Å². The fourth-order valence-corrected chi connectivity index (χ4v) is 4.65. The van der Waals surface area contributed by atoms with Gasteiger partial charge in [0.15, 0.2) is 0 Å². The first-order valence-electron chi connectivity index (χ1n) is 15.6. The van der Waals surface area contributed by atoms with Crippen molar-refractivity contribution in [1.82, 2.24) is 0 Å². The van der Waals surface area contributed by atoms with Crippen molar-refractivity contribution >= 4 is 24.3 Å². The minimum Gasteiger partial charge on any atom is -0.496 e. The van der Waals surface area contributed by atoms with Gasteiger partial charge >= 0.3 is 0 Å². The molecule has 0 aliphatic heterocycles. The predicted molar refractivity (Wildman–Crippen MR) is 186 cm³/mol. The Bertz CT molecular complexity index is 1310. The van der Waals surface area contributed by atoms with E-state index >= 15 is 0 Å². The molecule has 3 rings (SSSR count). The molecule has 8 nitrogen and oxygen atoms in total. The number of hydrogen-bond acceptors (Lipinski definition) is 8. The minimum atomic E-state index is 0.500. The van der Waals surface area contributed by atoms with Gasteiger partial charge in [-0.15, -0.1) is 0 Å². The second-order valence-electron chi connectivity index (χ2n) is 11.5. The van der Waals surface area contributed by atoms with E-state index in [1.54, 1.807) is 42.7 Å². The van der Waals surface area contributed by atoms with Crippen molar-refractivity contribution in [2.75, 3.05) is 55.9 Å². The summed E-state index contributed by atoms with van der Waals surface area (Å²) in [6.07, 6.45) is 9.75. The molecule has 0 bridgehead atoms. The molecular weight excluding hydrogens is 584 g/mol. The Hall–Kier alpha value is -4.46. The largest absolute Gasteiger partial charge is 0.496 e. The molecule has 0 fully saturated rings. The average Bonchev–Trinajstić information content (AvgIpc) is 3.05. The maximum atomic E-state index is 6.41. The van der Waals surface area contributed by atoms with Crippen LogP contribution in [0.4, 0.5) is 0 Å². The first-order valence-corrected chi connectivity index (χ1v) is 15.6. The monoisotopic (exact) mass is 634 g/mol. The highest BCUT2D eigenvalue weighted by atomic mass is 16.5. The van der Waals surface area contributed by atoms with E-state index in [0.717, 1.165) is 46.6 Å². The fraction of sp³-hybridized carbons (Fsp3) is 0.421. The molecule has 0 saturated carbocycles. The van der Waals surface area contributed by atoms with Gasteiger partial charge in [-0.05, 0) is 49.0 Å². The summed E-state index contributed by atoms with van der Waals surface area (Å²) in [6.45, 7) is 9.88. The van der Waals surface area contributed by atoms with Gasteiger partial charge in [0.2, 0.25) is 0 Å². The Morgan fingerprint density at radius 1 is 0.435 bits per heavy atom. The molecule has 0 aliphatic carbocycles. The van der Waals surface area contributed by atoms with E-state index in [-0.39, 0.29) is 0 Å². The Kier molecular flexibility index (Phi) is 14.0. The summed E-state index contributed by atoms with van der Waals surface area (Å²) in [7, 11) is 9.73. The zero-order chi connectivity index (χ0) is 33.6. The molecule has 0 atom stereocenters. The molecule has 250 valence electrons. The van der Waals surface area contributed by atoms with E-state index in [4.69, 9.17) is 37.9 Å². The van der Waals surface area contributed by atoms with E-state index in [0.29, 0.717) is 59.5 Å². The highest BCUT2D eigenvalue weighted by Crippen LogP contribution is 2.39. The van der Waals surface area contributed by atoms with Gasteiger partial charge < -0.3 is 37.9 Å². The van der Waals surface area contributed by atoms with Crippen molar-refractivity contribution < 1.29 is 37.9 Å². The van der Waals surface area contributed by atoms with Gasteiger partial charge in [-0.2, -0.15) is 0 Å². The first kappa shape index (κ1) is 36.0. The summed E-state index contributed by atoms with van der Waals surface area (Å²) in [5, 5.41) is 0. The van der Waals surface area contributed by atoms with Crippen molar-refractivity contribution in [2.24, 2.45) is 11.8 Å². The lowest BCUT2D eigenvalue weighted by molar-refractivity contribution is 0.281. The maximum absolute atomic E-state index is 6.41. The molecule has 0 radical (unpaired) electrons. The van der Waals surface area contributed by atoms with Crippen LogP contribution in [0.3, 0.4) is 0 Å². The van der Waals surface area contributed by atoms with Crippen LogP contribution in [0.1, 0.15) is 62.8 Å². The summed E-state index contributed by atoms with van der Waals surface area (Å²) >= 11 is 0. The summed E-state index contributed by atoms with van der Waals surface area (Å²) in [4.78, 5) is 0. The van der Waals surface area contributed by atoms with Gasteiger partial charge in [0.1, 0.15) is 46.0 Å². The van der Waals surface area contributed by atoms with Crippen LogP contribution < -0.4 is 37.9 Å². The summed E-state index contributed by atoms with van der Waals surface area (Å²) in [6, 6.07) is 11.4. The van der Waals surface area contributed by atoms with E-state index in [1.807, 2.05) is 60.7 Å². The maximum Gasteiger partial charge on any atom is 0.133 e. The molecule has 0 heterocycles. The Labute approximate surface area is 274 Å². The van der Waals surface area contributed by atoms with E-state index in [2.05, 4.69) is 27.7 Å². The molecule has 0 N–H and O–H groups in total. The van der Waals surface area contributed by atoms with Crippen LogP contribution in [-0.4, -0.2) is 55.9 Å². The van der Waals surface area contributed by atoms with Gasteiger partial charge in [0, 0.05) is 35.4 Å². The average molecular weight is 635 g/mol. The molecule has 0 spiro atoms. The molecule has 3 aromatic rings. The summed E-state index contributed by atoms with van der Waals surface area (Å²) in [5.74, 6) is 6.27. The number of methoxy groups -OCH3 is 6. The SMILES string of the molecule is COc1cc(OC)c(/C=C/c2cc(OCCC(C)C)c(/C=C/c3c(OC)cc(OC)cc3OC)cc2OCCC(C)C)c(OC)c1. The van der Waals surface area contributed by atoms with E-state index < -0.39 is 0 Å². The second-order valence-corrected chi connectivity index (χ2v) is 11.5. The van der Waals surface area contributed by atoms with Crippen LogP contribution >= 0.6 is 0 Å². The first-order chi connectivity index (χ1) is 22.2. The number of hydrogen-bond donors (Lipinski definition) is 0. The zero-order valence-electron chi connectivity index (χ0n) is 29.0. The lowest BCUT2D eigenvalue weighted by atomic mass is 10.0. The van der Waals surface area contributed by atoms with Crippen molar-refractivity contribution in [3.63, 3.8) is 0 Å². The Balaban J connectivity index is 2.18. The number of benzene rings is 3. The molecular formula is C38H50O8. The van der Waals surface area contributed by atoms with E-state index in [1.165, 1.54) is 0 Å². The Morgan fingerprint density at radius 3 is 1.02 bits per heavy atom. The molecule has 3 aromatic carbocycles. The smallest absolute Gasteiger partial charge is 0.133 e. The second kappa shape index (κ2) is 17.9. The van der Waals surface area contributed by atoms with Gasteiger partial charge in [0.25, 0.3) is 0 Å². The molecule has 0 aromatic heterocycles. The quantitative estimate of drug-likeness (QED) is 0.128. The third kappa shape index (κ3) is 9.77. The Morgan fingerprint density at radius 2 is 0.761 bits per heavy atom. The lowest BCUT2D eigenvalue weighted by Crippen LogP contribution is -2.05. The zero-order valence-corrected chi connectivity index (χ0v) is 29.0. The highest BCUT2D eigenvalue weighted by Gasteiger charge is 2.15. The summed E-state index contributed by atoms with van der Waals surface area (Å²) < 4.78 is 46.4. The normalized spacial score (nSPS) is 11.4. The summed E-state index contributed by atoms with van der Waals surface area (Å²) in [5.41, 5.74) is 3.28. The van der Waals surface area contributed by atoms with Gasteiger partial charge in [-0.3, -0.25) is 0 Å². The molecule has 8 heteroatoms. The van der Waals surface area contributed by atoms with Crippen LogP contribution in [-0.2, 0) is 0 Å². The van der Waals surface area contributed by atoms with Crippen LogP contribution in [0.15, 0.2) is 36.4 Å². The topological polar surface area (TPSA) is 73.8 Å². The molecule has 0 unspecified atom stereocenters. The minimum absolute atomic E-state index is 0.500. The van der Waals surface area contributed by atoms with Gasteiger partial charge in [-0.1, -0.05) is 39.8 Å². The molecule has 0 aliphatic rings. The van der Waals surface area contributed by atoms with Gasteiger partial charge in [0.05, 0.1) is 67.0 Å². The molecule has 0 saturated heterocycles. The lowest BCUT2D eigenvalue weighted by Gasteiger charge is -2.17. The van der Waals surface area contributed by atoms with Crippen molar-refractivity contribution in [2.45, 2.75) is 40.5 Å². The van der Waals surface area contributed by atoms with Crippen LogP contribution in [0, 0.1) is 11.8 Å². The highest BCUT2D eigenvalue weighted by molar-refractivity contribution is 5.83. The third-order valence-corrected chi connectivity index (χ3v) is 7.41. The third-order valence-electron chi connectivity index (χ3n) is 7.41. The van der Waals surface area contributed by atoms with Crippen LogP contribution in [0.2, 0.25) is 0 Å².